The van der Waals surface area contributed by atoms with Crippen LogP contribution in [0, 0.1) is 5.92 Å². The van der Waals surface area contributed by atoms with Crippen LogP contribution in [0.3, 0.4) is 0 Å². The number of rotatable bonds is 5. The van der Waals surface area contributed by atoms with Gasteiger partial charge in [0.25, 0.3) is 0 Å². The molecule has 0 aromatic heterocycles. The number of anilines is 2. The number of methoxy groups -OCH3 is 1. The average molecular weight is 370 g/mol. The minimum atomic E-state index is -0.119. The predicted octanol–water partition coefficient (Wildman–Crippen LogP) is 4.07. The van der Waals surface area contributed by atoms with Gasteiger partial charge in [0.05, 0.1) is 12.9 Å². The lowest BCUT2D eigenvalue weighted by molar-refractivity contribution is -0.119. The molecule has 2 aromatic rings. The molecule has 1 atom stereocenters. The van der Waals surface area contributed by atoms with Crippen molar-refractivity contribution in [2.45, 2.75) is 19.2 Å². The number of ether oxygens (including phenoxy) is 1. The lowest BCUT2D eigenvalue weighted by Crippen LogP contribution is -2.27. The van der Waals surface area contributed by atoms with E-state index in [1.54, 1.807) is 23.8 Å². The summed E-state index contributed by atoms with van der Waals surface area (Å²) in [6.07, 6.45) is 0. The topological polar surface area (TPSA) is 58.6 Å². The molecule has 1 saturated heterocycles. The van der Waals surface area contributed by atoms with Gasteiger partial charge in [-0.25, -0.2) is 0 Å². The van der Waals surface area contributed by atoms with Crippen LogP contribution in [0.1, 0.15) is 24.8 Å². The lowest BCUT2D eigenvalue weighted by Gasteiger charge is -2.25. The van der Waals surface area contributed by atoms with Gasteiger partial charge in [0.15, 0.2) is 0 Å². The van der Waals surface area contributed by atoms with Gasteiger partial charge in [-0.1, -0.05) is 26.0 Å². The quantitative estimate of drug-likeness (QED) is 0.862. The third kappa shape index (κ3) is 3.85. The summed E-state index contributed by atoms with van der Waals surface area (Å²) in [5.74, 6) is 1.14. The van der Waals surface area contributed by atoms with Gasteiger partial charge in [-0.2, -0.15) is 0 Å². The highest BCUT2D eigenvalue weighted by molar-refractivity contribution is 8.00. The average Bonchev–Trinajstić information content (AvgIpc) is 3.03. The van der Waals surface area contributed by atoms with Gasteiger partial charge < -0.3 is 10.1 Å². The summed E-state index contributed by atoms with van der Waals surface area (Å²) in [4.78, 5) is 26.2. The van der Waals surface area contributed by atoms with Crippen LogP contribution in [0.4, 0.5) is 11.4 Å². The van der Waals surface area contributed by atoms with Crippen molar-refractivity contribution in [2.24, 2.45) is 5.92 Å². The van der Waals surface area contributed by atoms with Gasteiger partial charge in [-0.05, 0) is 42.0 Å². The largest absolute Gasteiger partial charge is 0.497 e. The van der Waals surface area contributed by atoms with Crippen LogP contribution in [0.2, 0.25) is 0 Å². The van der Waals surface area contributed by atoms with E-state index in [0.717, 1.165) is 22.7 Å². The van der Waals surface area contributed by atoms with E-state index < -0.39 is 0 Å². The molecule has 0 spiro atoms. The first-order valence-corrected chi connectivity index (χ1v) is 9.53. The molecule has 2 aromatic carbocycles. The van der Waals surface area contributed by atoms with E-state index in [0.29, 0.717) is 5.75 Å². The van der Waals surface area contributed by atoms with E-state index in [9.17, 15) is 9.59 Å². The molecular formula is C20H22N2O3S. The zero-order valence-corrected chi connectivity index (χ0v) is 15.9. The fourth-order valence-corrected chi connectivity index (χ4v) is 3.92. The molecule has 0 saturated carbocycles. The normalized spacial score (nSPS) is 16.8. The van der Waals surface area contributed by atoms with E-state index in [4.69, 9.17) is 4.74 Å². The molecule has 1 aliphatic rings. The Kier molecular flexibility index (Phi) is 5.52. The number of nitrogens with one attached hydrogen (secondary N) is 1. The van der Waals surface area contributed by atoms with E-state index in [2.05, 4.69) is 5.32 Å². The maximum Gasteiger partial charge on any atom is 0.238 e. The first-order valence-electron chi connectivity index (χ1n) is 8.48. The van der Waals surface area contributed by atoms with Crippen LogP contribution in [0.15, 0.2) is 48.5 Å². The van der Waals surface area contributed by atoms with E-state index >= 15 is 0 Å². The number of carbonyl (C=O) groups is 2. The summed E-state index contributed by atoms with van der Waals surface area (Å²) in [6, 6.07) is 15.2. The fraction of sp³-hybridized carbons (Fsp3) is 0.300. The highest BCUT2D eigenvalue weighted by Crippen LogP contribution is 2.42. The molecule has 0 aliphatic carbocycles. The Morgan fingerprint density at radius 2 is 1.96 bits per heavy atom. The number of thioether (sulfide) groups is 1. The molecule has 1 unspecified atom stereocenters. The third-order valence-corrected chi connectivity index (χ3v) is 5.39. The first-order chi connectivity index (χ1) is 12.5. The standard InChI is InChI=1S/C20H22N2O3S/c1-13(2)19(24)21-15-6-4-5-14(11-15)20-22(18(23)12-26-20)16-7-9-17(25-3)10-8-16/h4-11,13,20H,12H2,1-3H3,(H,21,24). The Morgan fingerprint density at radius 3 is 2.62 bits per heavy atom. The number of hydrogen-bond acceptors (Lipinski definition) is 4. The fourth-order valence-electron chi connectivity index (χ4n) is 2.75. The summed E-state index contributed by atoms with van der Waals surface area (Å²) in [6.45, 7) is 3.71. The maximum atomic E-state index is 12.5. The molecule has 0 bridgehead atoms. The summed E-state index contributed by atoms with van der Waals surface area (Å²) < 4.78 is 5.19. The second-order valence-corrected chi connectivity index (χ2v) is 7.46. The van der Waals surface area contributed by atoms with Crippen molar-refractivity contribution in [3.05, 3.63) is 54.1 Å². The van der Waals surface area contributed by atoms with Gasteiger partial charge in [0.2, 0.25) is 11.8 Å². The lowest BCUT2D eigenvalue weighted by atomic mass is 10.1. The van der Waals surface area contributed by atoms with Crippen LogP contribution in [-0.4, -0.2) is 24.7 Å². The van der Waals surface area contributed by atoms with E-state index in [1.165, 1.54) is 0 Å². The number of nitrogens with zero attached hydrogens (tertiary/aromatic N) is 1. The van der Waals surface area contributed by atoms with Crippen molar-refractivity contribution in [3.63, 3.8) is 0 Å². The van der Waals surface area contributed by atoms with Crippen LogP contribution < -0.4 is 15.0 Å². The second-order valence-electron chi connectivity index (χ2n) is 6.39. The van der Waals surface area contributed by atoms with Crippen LogP contribution in [0.25, 0.3) is 0 Å². The summed E-state index contributed by atoms with van der Waals surface area (Å²) in [5.41, 5.74) is 2.57. The molecule has 3 rings (SSSR count). The summed E-state index contributed by atoms with van der Waals surface area (Å²) in [7, 11) is 1.62. The Hall–Kier alpha value is -2.47. The van der Waals surface area contributed by atoms with Gasteiger partial charge in [-0.3, -0.25) is 14.5 Å². The van der Waals surface area contributed by atoms with E-state index in [1.807, 2.05) is 62.4 Å². The number of amides is 2. The molecular weight excluding hydrogens is 348 g/mol. The monoisotopic (exact) mass is 370 g/mol. The number of hydrogen-bond donors (Lipinski definition) is 1. The molecule has 1 fully saturated rings. The van der Waals surface area contributed by atoms with Crippen molar-refractivity contribution in [2.75, 3.05) is 23.1 Å². The van der Waals surface area contributed by atoms with Crippen molar-refractivity contribution in [3.8, 4) is 5.75 Å². The summed E-state index contributed by atoms with van der Waals surface area (Å²) in [5, 5.41) is 2.80. The van der Waals surface area contributed by atoms with Gasteiger partial charge in [0.1, 0.15) is 11.1 Å². The van der Waals surface area contributed by atoms with Crippen molar-refractivity contribution in [1.82, 2.24) is 0 Å². The highest BCUT2D eigenvalue weighted by Gasteiger charge is 2.34. The van der Waals surface area contributed by atoms with Crippen molar-refractivity contribution < 1.29 is 14.3 Å². The number of benzene rings is 2. The Balaban J connectivity index is 1.87. The summed E-state index contributed by atoms with van der Waals surface area (Å²) >= 11 is 1.58. The highest BCUT2D eigenvalue weighted by atomic mass is 32.2. The van der Waals surface area contributed by atoms with E-state index in [-0.39, 0.29) is 23.1 Å². The Morgan fingerprint density at radius 1 is 1.23 bits per heavy atom. The predicted molar refractivity (Wildman–Crippen MR) is 106 cm³/mol. The van der Waals surface area contributed by atoms with Crippen LogP contribution in [-0.2, 0) is 9.59 Å². The molecule has 1 heterocycles. The molecule has 0 radical (unpaired) electrons. The van der Waals surface area contributed by atoms with Gasteiger partial charge in [-0.15, -0.1) is 11.8 Å². The smallest absolute Gasteiger partial charge is 0.238 e. The van der Waals surface area contributed by atoms with Crippen molar-refractivity contribution in [1.29, 1.82) is 0 Å². The number of carbonyl (C=O) groups excluding carboxylic acids is 2. The van der Waals surface area contributed by atoms with Crippen molar-refractivity contribution >= 4 is 35.0 Å². The molecule has 1 aliphatic heterocycles. The molecule has 26 heavy (non-hydrogen) atoms. The SMILES string of the molecule is COc1ccc(N2C(=O)CSC2c2cccc(NC(=O)C(C)C)c2)cc1. The molecule has 6 heteroatoms. The molecule has 1 N–H and O–H groups in total. The molecule has 136 valence electrons. The minimum Gasteiger partial charge on any atom is -0.497 e. The zero-order chi connectivity index (χ0) is 18.7. The van der Waals surface area contributed by atoms with Crippen LogP contribution >= 0.6 is 11.8 Å². The second kappa shape index (κ2) is 7.83. The molecule has 5 nitrogen and oxygen atoms in total. The van der Waals surface area contributed by atoms with Crippen LogP contribution in [0.5, 0.6) is 5.75 Å². The Labute approximate surface area is 157 Å². The molecule has 2 amide bonds. The zero-order valence-electron chi connectivity index (χ0n) is 15.1. The van der Waals surface area contributed by atoms with Gasteiger partial charge in [0, 0.05) is 17.3 Å². The van der Waals surface area contributed by atoms with Gasteiger partial charge >= 0.3 is 0 Å². The first kappa shape index (κ1) is 18.3. The third-order valence-electron chi connectivity index (χ3n) is 4.18. The Bertz CT molecular complexity index is 805. The maximum absolute atomic E-state index is 12.5. The minimum absolute atomic E-state index is 0.0238.